The van der Waals surface area contributed by atoms with Crippen molar-refractivity contribution in [2.45, 2.75) is 52.1 Å². The standard InChI is InChI=1S/C16H28N2O/c1-4-14(5-2)18(11-12-19)15-9-7-13(8-10-15)16(17)6-3/h7-10,14,16,19H,4-6,11-12,17H2,1-3H3/t16-/m1/s1. The Morgan fingerprint density at radius 1 is 1.05 bits per heavy atom. The van der Waals surface area contributed by atoms with Crippen molar-refractivity contribution in [2.75, 3.05) is 18.1 Å². The predicted octanol–water partition coefficient (Wildman–Crippen LogP) is 3.08. The number of rotatable bonds is 8. The maximum Gasteiger partial charge on any atom is 0.0606 e. The summed E-state index contributed by atoms with van der Waals surface area (Å²) >= 11 is 0. The number of nitrogens with zero attached hydrogens (tertiary/aromatic N) is 1. The SMILES string of the molecule is CCC(CC)N(CCO)c1ccc([C@H](N)CC)cc1. The molecule has 3 nitrogen and oxygen atoms in total. The van der Waals surface area contributed by atoms with Crippen LogP contribution in [0.3, 0.4) is 0 Å². The van der Waals surface area contributed by atoms with Gasteiger partial charge in [0.2, 0.25) is 0 Å². The van der Waals surface area contributed by atoms with Crippen molar-refractivity contribution < 1.29 is 5.11 Å². The van der Waals surface area contributed by atoms with Crippen LogP contribution in [0.2, 0.25) is 0 Å². The van der Waals surface area contributed by atoms with Crippen LogP contribution in [0.25, 0.3) is 0 Å². The molecule has 3 heteroatoms. The van der Waals surface area contributed by atoms with Crippen molar-refractivity contribution in [3.63, 3.8) is 0 Å². The van der Waals surface area contributed by atoms with Gasteiger partial charge in [0.05, 0.1) is 6.61 Å². The highest BCUT2D eigenvalue weighted by atomic mass is 16.3. The Hall–Kier alpha value is -1.06. The van der Waals surface area contributed by atoms with Gasteiger partial charge in [-0.2, -0.15) is 0 Å². The molecule has 0 bridgehead atoms. The van der Waals surface area contributed by atoms with Gasteiger partial charge in [-0.15, -0.1) is 0 Å². The molecule has 3 N–H and O–H groups in total. The monoisotopic (exact) mass is 264 g/mol. The highest BCUT2D eigenvalue weighted by Gasteiger charge is 2.15. The maximum atomic E-state index is 9.26. The Kier molecular flexibility index (Phi) is 6.89. The van der Waals surface area contributed by atoms with Crippen molar-refractivity contribution in [1.82, 2.24) is 0 Å². The summed E-state index contributed by atoms with van der Waals surface area (Å²) in [7, 11) is 0. The van der Waals surface area contributed by atoms with Gasteiger partial charge in [-0.25, -0.2) is 0 Å². The number of aliphatic hydroxyl groups is 1. The van der Waals surface area contributed by atoms with E-state index in [1.807, 2.05) is 0 Å². The largest absolute Gasteiger partial charge is 0.395 e. The third kappa shape index (κ3) is 4.22. The highest BCUT2D eigenvalue weighted by molar-refractivity contribution is 5.49. The van der Waals surface area contributed by atoms with Crippen LogP contribution in [-0.4, -0.2) is 24.3 Å². The lowest BCUT2D eigenvalue weighted by Gasteiger charge is -2.32. The topological polar surface area (TPSA) is 49.5 Å². The van der Waals surface area contributed by atoms with E-state index < -0.39 is 0 Å². The summed E-state index contributed by atoms with van der Waals surface area (Å²) in [5.74, 6) is 0. The van der Waals surface area contributed by atoms with Crippen molar-refractivity contribution in [3.8, 4) is 0 Å². The van der Waals surface area contributed by atoms with Crippen LogP contribution in [0.15, 0.2) is 24.3 Å². The average Bonchev–Trinajstić information content (AvgIpc) is 2.47. The fourth-order valence-corrected chi connectivity index (χ4v) is 2.51. The Balaban J connectivity index is 2.90. The Labute approximate surface area is 117 Å². The molecule has 1 aromatic rings. The van der Waals surface area contributed by atoms with Crippen LogP contribution >= 0.6 is 0 Å². The van der Waals surface area contributed by atoms with Crippen LogP contribution in [0.4, 0.5) is 5.69 Å². The third-order valence-corrected chi connectivity index (χ3v) is 3.82. The number of anilines is 1. The molecule has 0 fully saturated rings. The molecule has 0 aliphatic rings. The molecular formula is C16H28N2O. The van der Waals surface area contributed by atoms with E-state index >= 15 is 0 Å². The zero-order chi connectivity index (χ0) is 14.3. The van der Waals surface area contributed by atoms with Crippen molar-refractivity contribution in [1.29, 1.82) is 0 Å². The van der Waals surface area contributed by atoms with E-state index in [-0.39, 0.29) is 12.6 Å². The predicted molar refractivity (Wildman–Crippen MR) is 82.5 cm³/mol. The molecule has 0 aliphatic carbocycles. The zero-order valence-corrected chi connectivity index (χ0v) is 12.5. The van der Waals surface area contributed by atoms with Gasteiger partial charge in [0, 0.05) is 24.3 Å². The molecule has 0 aliphatic heterocycles. The lowest BCUT2D eigenvalue weighted by Crippen LogP contribution is -2.36. The van der Waals surface area contributed by atoms with Crippen molar-refractivity contribution in [2.24, 2.45) is 5.73 Å². The zero-order valence-electron chi connectivity index (χ0n) is 12.5. The molecule has 1 atom stereocenters. The second kappa shape index (κ2) is 8.18. The van der Waals surface area contributed by atoms with E-state index in [2.05, 4.69) is 49.9 Å². The summed E-state index contributed by atoms with van der Waals surface area (Å²) in [6.45, 7) is 7.36. The normalized spacial score (nSPS) is 12.7. The van der Waals surface area contributed by atoms with Crippen molar-refractivity contribution in [3.05, 3.63) is 29.8 Å². The minimum Gasteiger partial charge on any atom is -0.395 e. The summed E-state index contributed by atoms with van der Waals surface area (Å²) in [6.07, 6.45) is 3.13. The molecule has 0 radical (unpaired) electrons. The summed E-state index contributed by atoms with van der Waals surface area (Å²) in [5, 5.41) is 9.26. The average molecular weight is 264 g/mol. The summed E-state index contributed by atoms with van der Waals surface area (Å²) < 4.78 is 0. The first-order chi connectivity index (χ1) is 9.17. The lowest BCUT2D eigenvalue weighted by atomic mass is 10.0. The molecule has 0 heterocycles. The fraction of sp³-hybridized carbons (Fsp3) is 0.625. The van der Waals surface area contributed by atoms with Gasteiger partial charge in [-0.1, -0.05) is 32.9 Å². The number of aliphatic hydroxyl groups excluding tert-OH is 1. The lowest BCUT2D eigenvalue weighted by molar-refractivity contribution is 0.296. The molecule has 0 saturated heterocycles. The van der Waals surface area contributed by atoms with E-state index in [0.29, 0.717) is 12.6 Å². The number of nitrogens with two attached hydrogens (primary N) is 1. The van der Waals surface area contributed by atoms with Crippen molar-refractivity contribution >= 4 is 5.69 Å². The van der Waals surface area contributed by atoms with Gasteiger partial charge in [0.25, 0.3) is 0 Å². The molecule has 0 spiro atoms. The summed E-state index contributed by atoms with van der Waals surface area (Å²) in [4.78, 5) is 2.29. The first-order valence-electron chi connectivity index (χ1n) is 7.40. The van der Waals surface area contributed by atoms with Crippen LogP contribution in [0.1, 0.15) is 51.6 Å². The summed E-state index contributed by atoms with van der Waals surface area (Å²) in [6, 6.07) is 9.07. The first-order valence-corrected chi connectivity index (χ1v) is 7.40. The second-order valence-corrected chi connectivity index (χ2v) is 4.99. The number of hydrogen-bond donors (Lipinski definition) is 2. The van der Waals surface area contributed by atoms with Gasteiger partial charge in [0.15, 0.2) is 0 Å². The third-order valence-electron chi connectivity index (χ3n) is 3.82. The van der Waals surface area contributed by atoms with Crippen LogP contribution in [-0.2, 0) is 0 Å². The van der Waals surface area contributed by atoms with Gasteiger partial charge in [-0.05, 0) is 37.0 Å². The number of hydrogen-bond acceptors (Lipinski definition) is 3. The maximum absolute atomic E-state index is 9.26. The Bertz CT molecular complexity index is 346. The fourth-order valence-electron chi connectivity index (χ4n) is 2.51. The van der Waals surface area contributed by atoms with Gasteiger partial charge in [0.1, 0.15) is 0 Å². The smallest absolute Gasteiger partial charge is 0.0606 e. The van der Waals surface area contributed by atoms with E-state index in [1.54, 1.807) is 0 Å². The van der Waals surface area contributed by atoms with Crippen LogP contribution in [0, 0.1) is 0 Å². The molecule has 0 saturated carbocycles. The van der Waals surface area contributed by atoms with E-state index in [1.165, 1.54) is 11.3 Å². The van der Waals surface area contributed by atoms with Gasteiger partial charge < -0.3 is 15.7 Å². The van der Waals surface area contributed by atoms with Crippen LogP contribution < -0.4 is 10.6 Å². The molecule has 0 amide bonds. The minimum absolute atomic E-state index is 0.119. The Morgan fingerprint density at radius 2 is 1.63 bits per heavy atom. The molecule has 1 aromatic carbocycles. The van der Waals surface area contributed by atoms with E-state index in [4.69, 9.17) is 5.73 Å². The van der Waals surface area contributed by atoms with Crippen LogP contribution in [0.5, 0.6) is 0 Å². The van der Waals surface area contributed by atoms with Gasteiger partial charge in [-0.3, -0.25) is 0 Å². The molecular weight excluding hydrogens is 236 g/mol. The van der Waals surface area contributed by atoms with Gasteiger partial charge >= 0.3 is 0 Å². The number of benzene rings is 1. The minimum atomic E-state index is 0.119. The Morgan fingerprint density at radius 3 is 2.05 bits per heavy atom. The molecule has 108 valence electrons. The first kappa shape index (κ1) is 16.0. The second-order valence-electron chi connectivity index (χ2n) is 4.99. The molecule has 0 aromatic heterocycles. The molecule has 19 heavy (non-hydrogen) atoms. The highest BCUT2D eigenvalue weighted by Crippen LogP contribution is 2.23. The quantitative estimate of drug-likeness (QED) is 0.758. The van der Waals surface area contributed by atoms with E-state index in [0.717, 1.165) is 19.3 Å². The molecule has 1 rings (SSSR count). The van der Waals surface area contributed by atoms with E-state index in [9.17, 15) is 5.11 Å². The summed E-state index contributed by atoms with van der Waals surface area (Å²) in [5.41, 5.74) is 8.39. The molecule has 0 unspecified atom stereocenters.